The number of nitrogens with one attached hydrogen (secondary N) is 2. The molecule has 2 heterocycles. The number of anilines is 1. The molecule has 8 heteroatoms. The van der Waals surface area contributed by atoms with Crippen molar-refractivity contribution in [3.8, 4) is 11.4 Å². The predicted molar refractivity (Wildman–Crippen MR) is 71.4 cm³/mol. The van der Waals surface area contributed by atoms with Gasteiger partial charge in [0.1, 0.15) is 0 Å². The Balaban J connectivity index is 1.90. The minimum Gasteiger partial charge on any atom is -0.337 e. The molecule has 2 aromatic rings. The van der Waals surface area contributed by atoms with Crippen LogP contribution in [0.5, 0.6) is 0 Å². The first-order valence-corrected chi connectivity index (χ1v) is 6.61. The maximum Gasteiger partial charge on any atom is 0.245 e. The van der Waals surface area contributed by atoms with Crippen LogP contribution in [0.2, 0.25) is 0 Å². The number of rotatable bonds is 2. The molecular weight excluding hydrogens is 283 g/mol. The van der Waals surface area contributed by atoms with Gasteiger partial charge in [-0.1, -0.05) is 0 Å². The van der Waals surface area contributed by atoms with Crippen LogP contribution >= 0.6 is 0 Å². The molecule has 1 saturated heterocycles. The van der Waals surface area contributed by atoms with Crippen LogP contribution in [0, 0.1) is 17.5 Å². The second kappa shape index (κ2) is 5.36. The molecule has 21 heavy (non-hydrogen) atoms. The van der Waals surface area contributed by atoms with Gasteiger partial charge in [-0.15, -0.1) is 5.10 Å². The Labute approximate surface area is 119 Å². The smallest absolute Gasteiger partial charge is 0.245 e. The molecular formula is C13H14F3N5. The summed E-state index contributed by atoms with van der Waals surface area (Å²) in [4.78, 5) is 6.12. The summed E-state index contributed by atoms with van der Waals surface area (Å²) in [5.41, 5.74) is -0.143. The fraction of sp³-hybridized carbons (Fsp3) is 0.385. The summed E-state index contributed by atoms with van der Waals surface area (Å²) in [6.45, 7) is 4.28. The first-order valence-electron chi connectivity index (χ1n) is 6.61. The van der Waals surface area contributed by atoms with E-state index in [-0.39, 0.29) is 11.4 Å². The molecule has 1 aromatic carbocycles. The highest BCUT2D eigenvalue weighted by Gasteiger charge is 2.22. The Morgan fingerprint density at radius 2 is 2.05 bits per heavy atom. The maximum atomic E-state index is 13.7. The highest BCUT2D eigenvalue weighted by atomic mass is 19.2. The van der Waals surface area contributed by atoms with Gasteiger partial charge in [-0.2, -0.15) is 4.98 Å². The van der Waals surface area contributed by atoms with Crippen LogP contribution in [0.4, 0.5) is 19.1 Å². The highest BCUT2D eigenvalue weighted by molar-refractivity contribution is 5.57. The third-order valence-electron chi connectivity index (χ3n) is 3.42. The van der Waals surface area contributed by atoms with Gasteiger partial charge in [-0.3, -0.25) is 5.10 Å². The van der Waals surface area contributed by atoms with E-state index in [2.05, 4.69) is 20.5 Å². The van der Waals surface area contributed by atoms with Crippen LogP contribution in [0.15, 0.2) is 12.1 Å². The number of aromatic amines is 1. The van der Waals surface area contributed by atoms with Crippen molar-refractivity contribution < 1.29 is 13.2 Å². The number of hydrogen-bond donors (Lipinski definition) is 2. The summed E-state index contributed by atoms with van der Waals surface area (Å²) in [5.74, 6) is -3.52. The molecule has 1 aliphatic heterocycles. The van der Waals surface area contributed by atoms with Gasteiger partial charge in [-0.05, 0) is 19.1 Å². The third kappa shape index (κ3) is 2.58. The van der Waals surface area contributed by atoms with Crippen LogP contribution in [-0.4, -0.2) is 40.9 Å². The zero-order valence-corrected chi connectivity index (χ0v) is 11.3. The van der Waals surface area contributed by atoms with Crippen molar-refractivity contribution in [1.29, 1.82) is 0 Å². The van der Waals surface area contributed by atoms with E-state index >= 15 is 0 Å². The van der Waals surface area contributed by atoms with Gasteiger partial charge in [0.25, 0.3) is 0 Å². The van der Waals surface area contributed by atoms with Crippen molar-refractivity contribution in [3.05, 3.63) is 29.6 Å². The molecule has 1 atom stereocenters. The molecule has 5 nitrogen and oxygen atoms in total. The largest absolute Gasteiger partial charge is 0.337 e. The average Bonchev–Trinajstić information content (AvgIpc) is 2.94. The van der Waals surface area contributed by atoms with Crippen LogP contribution in [0.3, 0.4) is 0 Å². The van der Waals surface area contributed by atoms with E-state index in [4.69, 9.17) is 0 Å². The van der Waals surface area contributed by atoms with Crippen molar-refractivity contribution in [1.82, 2.24) is 20.5 Å². The van der Waals surface area contributed by atoms with E-state index in [1.54, 1.807) is 0 Å². The van der Waals surface area contributed by atoms with E-state index < -0.39 is 17.5 Å². The molecule has 0 saturated carbocycles. The van der Waals surface area contributed by atoms with E-state index in [0.717, 1.165) is 31.8 Å². The zero-order chi connectivity index (χ0) is 15.0. The Morgan fingerprint density at radius 3 is 2.81 bits per heavy atom. The van der Waals surface area contributed by atoms with Gasteiger partial charge in [-0.25, -0.2) is 13.2 Å². The summed E-state index contributed by atoms with van der Waals surface area (Å²) in [7, 11) is 0. The molecule has 0 spiro atoms. The Morgan fingerprint density at radius 1 is 1.24 bits per heavy atom. The molecule has 0 radical (unpaired) electrons. The quantitative estimate of drug-likeness (QED) is 0.828. The SMILES string of the molecule is CC1CN(c2n[nH]c(-c3ccc(F)c(F)c3F)n2)CCN1. The molecule has 2 N–H and O–H groups in total. The van der Waals surface area contributed by atoms with Gasteiger partial charge in [0.05, 0.1) is 5.56 Å². The van der Waals surface area contributed by atoms with Crippen molar-refractivity contribution in [2.24, 2.45) is 0 Å². The van der Waals surface area contributed by atoms with Crippen molar-refractivity contribution in [2.45, 2.75) is 13.0 Å². The minimum absolute atomic E-state index is 0.0765. The van der Waals surface area contributed by atoms with E-state index in [9.17, 15) is 13.2 Å². The van der Waals surface area contributed by atoms with Crippen molar-refractivity contribution in [3.63, 3.8) is 0 Å². The zero-order valence-electron chi connectivity index (χ0n) is 11.3. The minimum atomic E-state index is -1.51. The van der Waals surface area contributed by atoms with Gasteiger partial charge < -0.3 is 10.2 Å². The monoisotopic (exact) mass is 297 g/mol. The summed E-state index contributed by atoms with van der Waals surface area (Å²) < 4.78 is 39.9. The predicted octanol–water partition coefficient (Wildman–Crippen LogP) is 1.69. The molecule has 0 amide bonds. The fourth-order valence-electron chi connectivity index (χ4n) is 2.34. The number of halogens is 3. The number of H-pyrrole nitrogens is 1. The molecule has 0 bridgehead atoms. The van der Waals surface area contributed by atoms with Gasteiger partial charge in [0.15, 0.2) is 23.3 Å². The van der Waals surface area contributed by atoms with E-state index in [1.165, 1.54) is 0 Å². The number of nitrogens with zero attached hydrogens (tertiary/aromatic N) is 3. The normalized spacial score (nSPS) is 19.0. The summed E-state index contributed by atoms with van der Waals surface area (Å²) in [6.07, 6.45) is 0. The Kier molecular flexibility index (Phi) is 3.54. The Bertz CT molecular complexity index is 657. The topological polar surface area (TPSA) is 56.8 Å². The number of aromatic nitrogens is 3. The van der Waals surface area contributed by atoms with Crippen molar-refractivity contribution in [2.75, 3.05) is 24.5 Å². The van der Waals surface area contributed by atoms with Crippen LogP contribution in [-0.2, 0) is 0 Å². The van der Waals surface area contributed by atoms with Gasteiger partial charge >= 0.3 is 0 Å². The molecule has 3 rings (SSSR count). The van der Waals surface area contributed by atoms with Crippen molar-refractivity contribution >= 4 is 5.95 Å². The van der Waals surface area contributed by atoms with Crippen LogP contribution < -0.4 is 10.2 Å². The van der Waals surface area contributed by atoms with Crippen LogP contribution in [0.25, 0.3) is 11.4 Å². The maximum absolute atomic E-state index is 13.7. The van der Waals surface area contributed by atoms with Gasteiger partial charge in [0, 0.05) is 25.7 Å². The van der Waals surface area contributed by atoms with E-state index in [0.29, 0.717) is 12.0 Å². The fourth-order valence-corrected chi connectivity index (χ4v) is 2.34. The third-order valence-corrected chi connectivity index (χ3v) is 3.42. The van der Waals surface area contributed by atoms with E-state index in [1.807, 2.05) is 11.8 Å². The lowest BCUT2D eigenvalue weighted by atomic mass is 10.2. The second-order valence-electron chi connectivity index (χ2n) is 5.01. The van der Waals surface area contributed by atoms with Gasteiger partial charge in [0.2, 0.25) is 5.95 Å². The lowest BCUT2D eigenvalue weighted by Crippen LogP contribution is -2.49. The summed E-state index contributed by atoms with van der Waals surface area (Å²) in [5, 5.41) is 9.88. The molecule has 1 unspecified atom stereocenters. The Hall–Kier alpha value is -2.09. The molecule has 1 fully saturated rings. The molecule has 112 valence electrons. The second-order valence-corrected chi connectivity index (χ2v) is 5.01. The highest BCUT2D eigenvalue weighted by Crippen LogP contribution is 2.24. The number of hydrogen-bond acceptors (Lipinski definition) is 4. The first kappa shape index (κ1) is 13.9. The van der Waals surface area contributed by atoms with Crippen LogP contribution in [0.1, 0.15) is 6.92 Å². The number of benzene rings is 1. The lowest BCUT2D eigenvalue weighted by Gasteiger charge is -2.30. The summed E-state index contributed by atoms with van der Waals surface area (Å²) >= 11 is 0. The average molecular weight is 297 g/mol. The standard InChI is InChI=1S/C13H14F3N5/c1-7-6-21(5-4-17-7)13-18-12(19-20-13)8-2-3-9(14)11(16)10(8)15/h2-3,7,17H,4-6H2,1H3,(H,18,19,20). The molecule has 1 aromatic heterocycles. The molecule has 1 aliphatic rings. The first-order chi connectivity index (χ1) is 10.1. The molecule has 0 aliphatic carbocycles. The lowest BCUT2D eigenvalue weighted by molar-refractivity contribution is 0.448. The summed E-state index contributed by atoms with van der Waals surface area (Å²) in [6, 6.07) is 2.29. The number of piperazine rings is 1.